The number of carboxylic acids is 1. The summed E-state index contributed by atoms with van der Waals surface area (Å²) in [5.41, 5.74) is 12.6. The van der Waals surface area contributed by atoms with Crippen molar-refractivity contribution in [2.45, 2.75) is 25.7 Å². The van der Waals surface area contributed by atoms with Crippen molar-refractivity contribution in [3.63, 3.8) is 0 Å². The first-order chi connectivity index (χ1) is 11.9. The van der Waals surface area contributed by atoms with Crippen LogP contribution < -0.4 is 16.2 Å². The molecular formula is C17H17N3O4S. The van der Waals surface area contributed by atoms with Crippen LogP contribution in [0.25, 0.3) is 0 Å². The molecular weight excluding hydrogens is 342 g/mol. The van der Waals surface area contributed by atoms with E-state index in [1.807, 2.05) is 0 Å². The number of carboxylic acid groups (broad SMARTS) is 1. The quantitative estimate of drug-likeness (QED) is 0.429. The third-order valence-electron chi connectivity index (χ3n) is 3.85. The number of hydrogen-bond donors (Lipinski definition) is 3. The number of nitrogens with two attached hydrogens (primary N) is 2. The Labute approximate surface area is 147 Å². The number of aryl methyl sites for hydroxylation is 2. The molecule has 1 aromatic heterocycles. The van der Waals surface area contributed by atoms with E-state index in [0.29, 0.717) is 29.8 Å². The first-order valence-corrected chi connectivity index (χ1v) is 8.56. The van der Waals surface area contributed by atoms with Gasteiger partial charge in [0.05, 0.1) is 11.3 Å². The lowest BCUT2D eigenvalue weighted by molar-refractivity contribution is 0.0693. The van der Waals surface area contributed by atoms with E-state index >= 15 is 0 Å². The minimum Gasteiger partial charge on any atom is -0.477 e. The van der Waals surface area contributed by atoms with Gasteiger partial charge in [-0.3, -0.25) is 0 Å². The van der Waals surface area contributed by atoms with E-state index in [2.05, 4.69) is 4.99 Å². The predicted molar refractivity (Wildman–Crippen MR) is 94.8 cm³/mol. The number of hydrogen-bond acceptors (Lipinski definition) is 5. The summed E-state index contributed by atoms with van der Waals surface area (Å²) >= 11 is 1.15. The van der Waals surface area contributed by atoms with Crippen molar-refractivity contribution in [2.24, 2.45) is 16.5 Å². The maximum atomic E-state index is 12.5. The van der Waals surface area contributed by atoms with E-state index < -0.39 is 11.9 Å². The zero-order valence-electron chi connectivity index (χ0n) is 13.3. The molecule has 0 fully saturated rings. The van der Waals surface area contributed by atoms with Crippen LogP contribution in [0.3, 0.4) is 0 Å². The molecule has 7 nitrogen and oxygen atoms in total. The van der Waals surface area contributed by atoms with Gasteiger partial charge in [0.2, 0.25) is 0 Å². The molecule has 1 aliphatic heterocycles. The standard InChI is InChI=1S/C17H17N3O4S/c18-17(19)20-10-5-6-11-9(7-10)3-1-2-4-13-12(24-16(11)23)8-14(25-13)15(21)22/h5-8H,1-4H2,(H,21,22)(H4,18,19,20). The highest BCUT2D eigenvalue weighted by Crippen LogP contribution is 2.33. The van der Waals surface area contributed by atoms with Gasteiger partial charge in [0.1, 0.15) is 10.6 Å². The molecule has 0 bridgehead atoms. The van der Waals surface area contributed by atoms with E-state index in [9.17, 15) is 9.59 Å². The van der Waals surface area contributed by atoms with E-state index in [1.165, 1.54) is 6.07 Å². The number of guanidine groups is 1. The second-order valence-corrected chi connectivity index (χ2v) is 6.81. The highest BCUT2D eigenvalue weighted by atomic mass is 32.1. The van der Waals surface area contributed by atoms with Gasteiger partial charge in [-0.25, -0.2) is 14.6 Å². The molecule has 25 heavy (non-hydrogen) atoms. The highest BCUT2D eigenvalue weighted by Gasteiger charge is 2.21. The van der Waals surface area contributed by atoms with Crippen LogP contribution in [0, 0.1) is 0 Å². The molecule has 0 saturated heterocycles. The molecule has 8 heteroatoms. The van der Waals surface area contributed by atoms with Gasteiger partial charge in [0.15, 0.2) is 5.96 Å². The maximum Gasteiger partial charge on any atom is 0.346 e. The number of carbonyl (C=O) groups is 2. The number of rotatable bonds is 2. The maximum absolute atomic E-state index is 12.5. The smallest absolute Gasteiger partial charge is 0.346 e. The molecule has 5 N–H and O–H groups in total. The third-order valence-corrected chi connectivity index (χ3v) is 5.01. The summed E-state index contributed by atoms with van der Waals surface area (Å²) < 4.78 is 5.47. The SMILES string of the molecule is NC(N)=Nc1ccc2c(c1)CCCCc1sc(C(=O)O)cc1OC2=O. The first-order valence-electron chi connectivity index (χ1n) is 7.75. The Morgan fingerprint density at radius 2 is 1.96 bits per heavy atom. The topological polar surface area (TPSA) is 128 Å². The Balaban J connectivity index is 1.97. The average molecular weight is 359 g/mol. The third kappa shape index (κ3) is 3.80. The minimum absolute atomic E-state index is 0.0495. The van der Waals surface area contributed by atoms with Gasteiger partial charge < -0.3 is 21.3 Å². The fraction of sp³-hybridized carbons (Fsp3) is 0.235. The lowest BCUT2D eigenvalue weighted by atomic mass is 9.99. The number of nitrogens with zero attached hydrogens (tertiary/aromatic N) is 1. The Kier molecular flexibility index (Phi) is 4.71. The van der Waals surface area contributed by atoms with Crippen molar-refractivity contribution in [1.82, 2.24) is 0 Å². The molecule has 0 spiro atoms. The van der Waals surface area contributed by atoms with Crippen LogP contribution in [0.4, 0.5) is 5.69 Å². The molecule has 3 rings (SSSR count). The molecule has 0 saturated carbocycles. The van der Waals surface area contributed by atoms with Crippen molar-refractivity contribution < 1.29 is 19.4 Å². The lowest BCUT2D eigenvalue weighted by Crippen LogP contribution is -2.22. The fourth-order valence-electron chi connectivity index (χ4n) is 2.74. The number of benzene rings is 1. The molecule has 0 atom stereocenters. The molecule has 1 aliphatic rings. The summed E-state index contributed by atoms with van der Waals surface area (Å²) in [6, 6.07) is 6.46. The van der Waals surface area contributed by atoms with E-state index in [4.69, 9.17) is 21.3 Å². The van der Waals surface area contributed by atoms with Crippen LogP contribution >= 0.6 is 11.3 Å². The van der Waals surface area contributed by atoms with Crippen LogP contribution in [0.5, 0.6) is 5.75 Å². The van der Waals surface area contributed by atoms with Gasteiger partial charge in [-0.2, -0.15) is 0 Å². The van der Waals surface area contributed by atoms with Gasteiger partial charge in [-0.15, -0.1) is 11.3 Å². The monoisotopic (exact) mass is 359 g/mol. The van der Waals surface area contributed by atoms with Gasteiger partial charge >= 0.3 is 11.9 Å². The molecule has 0 aliphatic carbocycles. The highest BCUT2D eigenvalue weighted by molar-refractivity contribution is 7.14. The summed E-state index contributed by atoms with van der Waals surface area (Å²) in [4.78, 5) is 28.7. The second-order valence-electron chi connectivity index (χ2n) is 5.68. The van der Waals surface area contributed by atoms with E-state index in [-0.39, 0.29) is 10.8 Å². The Morgan fingerprint density at radius 3 is 2.68 bits per heavy atom. The van der Waals surface area contributed by atoms with Crippen LogP contribution in [0.2, 0.25) is 0 Å². The molecule has 2 aromatic rings. The van der Waals surface area contributed by atoms with Crippen LogP contribution in [-0.2, 0) is 12.8 Å². The van der Waals surface area contributed by atoms with Crippen molar-refractivity contribution in [3.05, 3.63) is 45.1 Å². The number of aliphatic imine (C=N–C) groups is 1. The summed E-state index contributed by atoms with van der Waals surface area (Å²) in [6.07, 6.45) is 3.07. The molecule has 0 amide bonds. The van der Waals surface area contributed by atoms with Crippen molar-refractivity contribution >= 4 is 34.9 Å². The summed E-state index contributed by atoms with van der Waals surface area (Å²) in [5.74, 6) is -1.25. The van der Waals surface area contributed by atoms with Gasteiger partial charge in [0.25, 0.3) is 0 Å². The number of esters is 1. The molecule has 2 heterocycles. The van der Waals surface area contributed by atoms with E-state index in [1.54, 1.807) is 18.2 Å². The molecule has 130 valence electrons. The zero-order valence-corrected chi connectivity index (χ0v) is 14.1. The second kappa shape index (κ2) is 6.94. The Hall–Kier alpha value is -2.87. The summed E-state index contributed by atoms with van der Waals surface area (Å²) in [7, 11) is 0. The summed E-state index contributed by atoms with van der Waals surface area (Å²) in [5, 5.41) is 9.15. The van der Waals surface area contributed by atoms with Crippen molar-refractivity contribution in [3.8, 4) is 5.75 Å². The van der Waals surface area contributed by atoms with E-state index in [0.717, 1.165) is 34.6 Å². The van der Waals surface area contributed by atoms with Gasteiger partial charge in [-0.05, 0) is 49.4 Å². The van der Waals surface area contributed by atoms with Gasteiger partial charge in [0, 0.05) is 10.9 Å². The van der Waals surface area contributed by atoms with Crippen LogP contribution in [0.15, 0.2) is 29.3 Å². The van der Waals surface area contributed by atoms with Gasteiger partial charge in [-0.1, -0.05) is 0 Å². The Morgan fingerprint density at radius 1 is 1.20 bits per heavy atom. The van der Waals surface area contributed by atoms with Crippen molar-refractivity contribution in [1.29, 1.82) is 0 Å². The average Bonchev–Trinajstić information content (AvgIpc) is 2.94. The molecule has 0 unspecified atom stereocenters. The number of fused-ring (bicyclic) bond motifs is 2. The van der Waals surface area contributed by atoms with Crippen LogP contribution in [0.1, 0.15) is 43.3 Å². The molecule has 1 aromatic carbocycles. The van der Waals surface area contributed by atoms with Crippen LogP contribution in [-0.4, -0.2) is 23.0 Å². The summed E-state index contributed by atoms with van der Waals surface area (Å²) in [6.45, 7) is 0. The fourth-order valence-corrected chi connectivity index (χ4v) is 3.70. The van der Waals surface area contributed by atoms with Crippen molar-refractivity contribution in [2.75, 3.05) is 0 Å². The largest absolute Gasteiger partial charge is 0.477 e. The lowest BCUT2D eigenvalue weighted by Gasteiger charge is -2.13. The Bertz CT molecular complexity index is 869. The number of aromatic carboxylic acids is 1. The zero-order chi connectivity index (χ0) is 18.0. The normalized spacial score (nSPS) is 14.0. The molecule has 0 radical (unpaired) electrons. The number of thiophene rings is 1. The predicted octanol–water partition coefficient (Wildman–Crippen LogP) is 2.45. The first kappa shape index (κ1) is 17.0. The number of ether oxygens (including phenoxy) is 1. The minimum atomic E-state index is -1.02. The number of carbonyl (C=O) groups excluding carboxylic acids is 1.